The summed E-state index contributed by atoms with van der Waals surface area (Å²) in [6, 6.07) is 6.53. The lowest BCUT2D eigenvalue weighted by Gasteiger charge is -2.11. The molecule has 0 aliphatic rings. The Morgan fingerprint density at radius 1 is 1.44 bits per heavy atom. The molecule has 0 atom stereocenters. The molecule has 0 bridgehead atoms. The lowest BCUT2D eigenvalue weighted by molar-refractivity contribution is 0.274. The van der Waals surface area contributed by atoms with Gasteiger partial charge in [0.15, 0.2) is 0 Å². The number of nitrogens with two attached hydrogens (primary N) is 1. The van der Waals surface area contributed by atoms with Crippen molar-refractivity contribution < 1.29 is 9.50 Å². The van der Waals surface area contributed by atoms with Crippen LogP contribution in [-0.4, -0.2) is 9.67 Å². The summed E-state index contributed by atoms with van der Waals surface area (Å²) in [5.41, 5.74) is 6.90. The van der Waals surface area contributed by atoms with Gasteiger partial charge in [-0.15, -0.1) is 0 Å². The Bertz CT molecular complexity index is 525. The van der Waals surface area contributed by atoms with Gasteiger partial charge in [0.05, 0.1) is 18.0 Å². The number of anilines is 1. The highest BCUT2D eigenvalue weighted by atomic mass is 79.9. The summed E-state index contributed by atoms with van der Waals surface area (Å²) in [4.78, 5) is 0. The van der Waals surface area contributed by atoms with Crippen LogP contribution in [0.15, 0.2) is 34.9 Å². The van der Waals surface area contributed by atoms with Gasteiger partial charge < -0.3 is 15.4 Å². The Kier molecular flexibility index (Phi) is 2.98. The van der Waals surface area contributed by atoms with E-state index in [2.05, 4.69) is 15.9 Å². The molecule has 0 saturated heterocycles. The highest BCUT2D eigenvalue weighted by molar-refractivity contribution is 9.10. The van der Waals surface area contributed by atoms with Gasteiger partial charge in [-0.2, -0.15) is 0 Å². The molecule has 3 nitrogen and oxygen atoms in total. The van der Waals surface area contributed by atoms with Crippen LogP contribution in [-0.2, 0) is 6.61 Å². The van der Waals surface area contributed by atoms with Crippen molar-refractivity contribution in [2.75, 3.05) is 5.73 Å². The van der Waals surface area contributed by atoms with Gasteiger partial charge in [-0.25, -0.2) is 4.39 Å². The Labute approximate surface area is 100 Å². The fourth-order valence-corrected chi connectivity index (χ4v) is 1.97. The first-order valence-electron chi connectivity index (χ1n) is 4.65. The second-order valence-electron chi connectivity index (χ2n) is 3.35. The molecule has 1 aromatic carbocycles. The van der Waals surface area contributed by atoms with Gasteiger partial charge >= 0.3 is 0 Å². The summed E-state index contributed by atoms with van der Waals surface area (Å²) in [6.07, 6.45) is 1.73. The fraction of sp³-hybridized carbons (Fsp3) is 0.0909. The Morgan fingerprint density at radius 3 is 2.88 bits per heavy atom. The first-order chi connectivity index (χ1) is 7.63. The van der Waals surface area contributed by atoms with E-state index >= 15 is 0 Å². The smallest absolute Gasteiger partial charge is 0.149 e. The van der Waals surface area contributed by atoms with E-state index in [1.54, 1.807) is 29.0 Å². The molecule has 0 radical (unpaired) electrons. The molecule has 0 spiro atoms. The zero-order chi connectivity index (χ0) is 11.7. The minimum Gasteiger partial charge on any atom is -0.395 e. The van der Waals surface area contributed by atoms with Gasteiger partial charge in [0, 0.05) is 16.4 Å². The molecule has 2 aromatic rings. The van der Waals surface area contributed by atoms with E-state index in [0.717, 1.165) is 0 Å². The van der Waals surface area contributed by atoms with Gasteiger partial charge in [-0.3, -0.25) is 0 Å². The summed E-state index contributed by atoms with van der Waals surface area (Å²) in [6.45, 7) is -0.124. The first kappa shape index (κ1) is 11.2. The molecular weight excluding hydrogens is 275 g/mol. The molecule has 84 valence electrons. The van der Waals surface area contributed by atoms with E-state index in [1.807, 2.05) is 0 Å². The molecule has 0 fully saturated rings. The Morgan fingerprint density at radius 2 is 2.19 bits per heavy atom. The number of aromatic nitrogens is 1. The van der Waals surface area contributed by atoms with Crippen LogP contribution in [0, 0.1) is 5.82 Å². The van der Waals surface area contributed by atoms with Crippen molar-refractivity contribution in [1.29, 1.82) is 0 Å². The molecule has 0 aliphatic heterocycles. The number of hydrogen-bond acceptors (Lipinski definition) is 2. The summed E-state index contributed by atoms with van der Waals surface area (Å²) in [7, 11) is 0. The monoisotopic (exact) mass is 284 g/mol. The Hall–Kier alpha value is -1.33. The molecule has 5 heteroatoms. The molecule has 0 saturated carbocycles. The highest BCUT2D eigenvalue weighted by Crippen LogP contribution is 2.27. The molecule has 0 unspecified atom stereocenters. The number of nitrogen functional groups attached to an aromatic ring is 1. The number of aliphatic hydroxyl groups excluding tert-OH is 1. The minimum absolute atomic E-state index is 0.0640. The van der Waals surface area contributed by atoms with Gasteiger partial charge in [0.2, 0.25) is 0 Å². The highest BCUT2D eigenvalue weighted by Gasteiger charge is 2.10. The van der Waals surface area contributed by atoms with Gasteiger partial charge in [-0.1, -0.05) is 15.9 Å². The molecule has 0 aliphatic carbocycles. The third kappa shape index (κ3) is 1.83. The standard InChI is InChI=1S/C11H10BrFN2O/c12-7-4-9(13)11(14)10(5-7)15-3-1-2-8(15)6-16/h1-5,16H,6,14H2. The summed E-state index contributed by atoms with van der Waals surface area (Å²) < 4.78 is 15.7. The predicted molar refractivity (Wildman–Crippen MR) is 63.8 cm³/mol. The number of rotatable bonds is 2. The van der Waals surface area contributed by atoms with Crippen molar-refractivity contribution in [3.8, 4) is 5.69 Å². The van der Waals surface area contributed by atoms with Gasteiger partial charge in [-0.05, 0) is 24.3 Å². The third-order valence-electron chi connectivity index (χ3n) is 2.33. The average Bonchev–Trinajstić information content (AvgIpc) is 2.71. The normalized spacial score (nSPS) is 10.7. The number of aliphatic hydroxyl groups is 1. The third-order valence-corrected chi connectivity index (χ3v) is 2.79. The van der Waals surface area contributed by atoms with Crippen LogP contribution in [0.25, 0.3) is 5.69 Å². The fourth-order valence-electron chi connectivity index (χ4n) is 1.55. The second kappa shape index (κ2) is 4.27. The minimum atomic E-state index is -0.484. The van der Waals surface area contributed by atoms with E-state index < -0.39 is 5.82 Å². The molecule has 3 N–H and O–H groups in total. The average molecular weight is 285 g/mol. The van der Waals surface area contributed by atoms with Crippen molar-refractivity contribution in [2.24, 2.45) is 0 Å². The second-order valence-corrected chi connectivity index (χ2v) is 4.26. The van der Waals surface area contributed by atoms with Crippen LogP contribution >= 0.6 is 15.9 Å². The maximum atomic E-state index is 13.4. The molecular formula is C11H10BrFN2O. The zero-order valence-corrected chi connectivity index (χ0v) is 9.91. The van der Waals surface area contributed by atoms with E-state index in [0.29, 0.717) is 15.9 Å². The van der Waals surface area contributed by atoms with Crippen LogP contribution in [0.1, 0.15) is 5.69 Å². The van der Waals surface area contributed by atoms with Gasteiger partial charge in [0.25, 0.3) is 0 Å². The van der Waals surface area contributed by atoms with Crippen LogP contribution in [0.4, 0.5) is 10.1 Å². The summed E-state index contributed by atoms with van der Waals surface area (Å²) >= 11 is 3.21. The van der Waals surface area contributed by atoms with Crippen molar-refractivity contribution >= 4 is 21.6 Å². The lowest BCUT2D eigenvalue weighted by atomic mass is 10.2. The van der Waals surface area contributed by atoms with E-state index in [4.69, 9.17) is 10.8 Å². The van der Waals surface area contributed by atoms with Crippen molar-refractivity contribution in [1.82, 2.24) is 4.57 Å². The van der Waals surface area contributed by atoms with Crippen molar-refractivity contribution in [3.63, 3.8) is 0 Å². The van der Waals surface area contributed by atoms with E-state index in [1.165, 1.54) is 6.07 Å². The SMILES string of the molecule is Nc1c(F)cc(Br)cc1-n1cccc1CO. The predicted octanol–water partition coefficient (Wildman–Crippen LogP) is 2.45. The number of halogens is 2. The van der Waals surface area contributed by atoms with Crippen LogP contribution in [0.5, 0.6) is 0 Å². The Balaban J connectivity index is 2.64. The largest absolute Gasteiger partial charge is 0.395 e. The summed E-state index contributed by atoms with van der Waals surface area (Å²) in [5, 5.41) is 9.13. The number of benzene rings is 1. The zero-order valence-electron chi connectivity index (χ0n) is 8.32. The van der Waals surface area contributed by atoms with Gasteiger partial charge in [0.1, 0.15) is 5.82 Å². The molecule has 1 aromatic heterocycles. The van der Waals surface area contributed by atoms with Crippen molar-refractivity contribution in [3.05, 3.63) is 46.4 Å². The van der Waals surface area contributed by atoms with Crippen molar-refractivity contribution in [2.45, 2.75) is 6.61 Å². The molecule has 16 heavy (non-hydrogen) atoms. The number of nitrogens with zero attached hydrogens (tertiary/aromatic N) is 1. The van der Waals surface area contributed by atoms with E-state index in [-0.39, 0.29) is 12.3 Å². The van der Waals surface area contributed by atoms with Crippen LogP contribution in [0.3, 0.4) is 0 Å². The number of hydrogen-bond donors (Lipinski definition) is 2. The lowest BCUT2D eigenvalue weighted by Crippen LogP contribution is -2.04. The maximum Gasteiger partial charge on any atom is 0.149 e. The summed E-state index contributed by atoms with van der Waals surface area (Å²) in [5.74, 6) is -0.484. The molecule has 1 heterocycles. The van der Waals surface area contributed by atoms with Crippen LogP contribution in [0.2, 0.25) is 0 Å². The molecule has 0 amide bonds. The van der Waals surface area contributed by atoms with E-state index in [9.17, 15) is 4.39 Å². The topological polar surface area (TPSA) is 51.2 Å². The quantitative estimate of drug-likeness (QED) is 0.833. The maximum absolute atomic E-state index is 13.4. The molecule has 2 rings (SSSR count). The van der Waals surface area contributed by atoms with Crippen LogP contribution < -0.4 is 5.73 Å². The first-order valence-corrected chi connectivity index (χ1v) is 5.44.